The number of hydrogen-bond donors (Lipinski definition) is 2. The van der Waals surface area contributed by atoms with Crippen LogP contribution >= 0.6 is 11.6 Å². The zero-order chi connectivity index (χ0) is 36.8. The minimum absolute atomic E-state index is 0.163. The first-order chi connectivity index (χ1) is 25.3. The number of aryl methyl sites for hydroxylation is 1. The van der Waals surface area contributed by atoms with Crippen molar-refractivity contribution in [3.63, 3.8) is 0 Å². The Bertz CT molecular complexity index is 1570. The van der Waals surface area contributed by atoms with Crippen LogP contribution < -0.4 is 14.4 Å². The first-order valence-electron chi connectivity index (χ1n) is 19.9. The number of fused-ring (bicyclic) bond motifs is 3. The third-order valence-corrected chi connectivity index (χ3v) is 14.4. The summed E-state index contributed by atoms with van der Waals surface area (Å²) in [5.74, 6) is 2.52. The molecule has 8 atom stereocenters. The summed E-state index contributed by atoms with van der Waals surface area (Å²) >= 11 is 6.50. The number of benzene rings is 2. The lowest BCUT2D eigenvalue weighted by atomic mass is 9.66. The van der Waals surface area contributed by atoms with Crippen molar-refractivity contribution in [2.75, 3.05) is 64.4 Å². The minimum atomic E-state index is -1.49. The number of nitrogens with one attached hydrogen (secondary N) is 1. The molecule has 10 heteroatoms. The van der Waals surface area contributed by atoms with E-state index in [1.54, 1.807) is 0 Å². The SMILES string of the molecule is CCCc1cc(Cl)ccc1C1COc2ccc3cc2N(C1)CC1CCC1C(CN1CCN2CCCCC2C1)/C=C/CC(C)C(C)S(=O)NC3=O.CO. The summed E-state index contributed by atoms with van der Waals surface area (Å²) < 4.78 is 22.9. The average Bonchev–Trinajstić information content (AvgIpc) is 3.32. The zero-order valence-electron chi connectivity index (χ0n) is 31.8. The number of nitrogens with zero attached hydrogens (tertiary/aromatic N) is 3. The predicted octanol–water partition coefficient (Wildman–Crippen LogP) is 7.07. The van der Waals surface area contributed by atoms with Crippen molar-refractivity contribution >= 4 is 34.2 Å². The number of allylic oxidation sites excluding steroid dienone is 1. The van der Waals surface area contributed by atoms with Crippen molar-refractivity contribution in [1.29, 1.82) is 0 Å². The number of halogens is 1. The number of carbonyl (C=O) groups excluding carboxylic acids is 1. The normalized spacial score (nSPS) is 32.0. The number of aliphatic hydroxyl groups excluding tert-OH is 1. The van der Waals surface area contributed by atoms with Gasteiger partial charge in [0, 0.05) is 68.9 Å². The Balaban J connectivity index is 0.00000228. The first-order valence-corrected chi connectivity index (χ1v) is 21.5. The maximum absolute atomic E-state index is 13.5. The lowest BCUT2D eigenvalue weighted by molar-refractivity contribution is 0.0283. The maximum atomic E-state index is 13.5. The molecule has 1 amide bonds. The fraction of sp³-hybridized carbons (Fsp3) is 0.643. The molecular formula is C42H61ClN4O4S. The minimum Gasteiger partial charge on any atom is -0.491 e. The largest absolute Gasteiger partial charge is 0.491 e. The monoisotopic (exact) mass is 752 g/mol. The number of anilines is 1. The highest BCUT2D eigenvalue weighted by atomic mass is 35.5. The summed E-state index contributed by atoms with van der Waals surface area (Å²) in [6.45, 7) is 14.6. The van der Waals surface area contributed by atoms with Gasteiger partial charge >= 0.3 is 0 Å². The van der Waals surface area contributed by atoms with Crippen LogP contribution in [0.15, 0.2) is 48.6 Å². The van der Waals surface area contributed by atoms with Crippen LogP contribution in [0.1, 0.15) is 93.1 Å². The van der Waals surface area contributed by atoms with Crippen LogP contribution in [0.3, 0.4) is 0 Å². The topological polar surface area (TPSA) is 85.4 Å². The summed E-state index contributed by atoms with van der Waals surface area (Å²) in [5.41, 5.74) is 4.10. The molecule has 5 aliphatic rings. The third kappa shape index (κ3) is 9.08. The molecule has 8 unspecified atom stereocenters. The van der Waals surface area contributed by atoms with Crippen LogP contribution in [0.5, 0.6) is 5.75 Å². The number of piperazine rings is 1. The molecular weight excluding hydrogens is 692 g/mol. The molecule has 7 rings (SSSR count). The van der Waals surface area contributed by atoms with Gasteiger partial charge in [0.05, 0.1) is 17.5 Å². The lowest BCUT2D eigenvalue weighted by Gasteiger charge is -2.48. The highest BCUT2D eigenvalue weighted by molar-refractivity contribution is 7.84. The van der Waals surface area contributed by atoms with Gasteiger partial charge < -0.3 is 14.7 Å². The van der Waals surface area contributed by atoms with Crippen molar-refractivity contribution in [2.45, 2.75) is 89.3 Å². The molecule has 2 bridgehead atoms. The Morgan fingerprint density at radius 3 is 2.63 bits per heavy atom. The van der Waals surface area contributed by atoms with Crippen LogP contribution in [0.25, 0.3) is 0 Å². The molecule has 1 aliphatic carbocycles. The second-order valence-electron chi connectivity index (χ2n) is 15.9. The molecule has 2 aromatic carbocycles. The van der Waals surface area contributed by atoms with E-state index < -0.39 is 11.0 Å². The molecule has 4 aliphatic heterocycles. The summed E-state index contributed by atoms with van der Waals surface area (Å²) in [6, 6.07) is 12.8. The van der Waals surface area contributed by atoms with Gasteiger partial charge in [-0.05, 0) is 117 Å². The molecule has 1 saturated carbocycles. The van der Waals surface area contributed by atoms with E-state index in [0.717, 1.165) is 69.0 Å². The molecule has 2 aromatic rings. The lowest BCUT2D eigenvalue weighted by Crippen LogP contribution is -2.56. The highest BCUT2D eigenvalue weighted by Gasteiger charge is 2.40. The van der Waals surface area contributed by atoms with E-state index in [-0.39, 0.29) is 23.0 Å². The van der Waals surface area contributed by atoms with Gasteiger partial charge in [-0.15, -0.1) is 0 Å². The number of amides is 1. The van der Waals surface area contributed by atoms with Gasteiger partial charge in [-0.25, -0.2) is 4.21 Å². The van der Waals surface area contributed by atoms with Gasteiger partial charge in [0.1, 0.15) is 16.7 Å². The number of hydrogen-bond acceptors (Lipinski definition) is 7. The average molecular weight is 753 g/mol. The van der Waals surface area contributed by atoms with Gasteiger partial charge in [0.25, 0.3) is 5.91 Å². The molecule has 0 aromatic heterocycles. The Labute approximate surface area is 319 Å². The van der Waals surface area contributed by atoms with Crippen molar-refractivity contribution in [3.8, 4) is 5.75 Å². The number of ether oxygens (including phenoxy) is 1. The van der Waals surface area contributed by atoms with Crippen LogP contribution in [0.4, 0.5) is 5.69 Å². The van der Waals surface area contributed by atoms with Crippen molar-refractivity contribution in [3.05, 3.63) is 70.3 Å². The molecule has 52 heavy (non-hydrogen) atoms. The molecule has 0 spiro atoms. The fourth-order valence-corrected chi connectivity index (χ4v) is 10.5. The summed E-state index contributed by atoms with van der Waals surface area (Å²) in [5, 5.41) is 7.61. The second kappa shape index (κ2) is 18.3. The van der Waals surface area contributed by atoms with Crippen LogP contribution in [-0.2, 0) is 17.4 Å². The highest BCUT2D eigenvalue weighted by Crippen LogP contribution is 2.45. The van der Waals surface area contributed by atoms with E-state index in [1.165, 1.54) is 62.9 Å². The molecule has 3 fully saturated rings. The first kappa shape index (κ1) is 39.3. The van der Waals surface area contributed by atoms with Gasteiger partial charge in [0.15, 0.2) is 0 Å². The van der Waals surface area contributed by atoms with Crippen LogP contribution in [0.2, 0.25) is 5.02 Å². The number of piperidine rings is 1. The second-order valence-corrected chi connectivity index (χ2v) is 17.9. The maximum Gasteiger partial charge on any atom is 0.263 e. The standard InChI is InChI=1S/C41H57ClN4O3S.CH4O/c1-4-8-30-21-35(42)14-16-37(30)34-25-46-24-33-12-15-38(33)32(23-44-19-20-45-18-6-5-11-36(45)26-44)10-7-9-28(2)29(3)50(48)43-41(47)31-13-17-40(49-27-34)39(46)22-31;1-2/h7,10,13-14,16-17,21-22,28-29,32-34,36,38H,4-6,8-9,11-12,15,18-20,23-27H2,1-3H3,(H,43,47);2H,1H3/b10-7+;. The van der Waals surface area contributed by atoms with Crippen molar-refractivity contribution in [2.24, 2.45) is 23.7 Å². The predicted molar refractivity (Wildman–Crippen MR) is 214 cm³/mol. The van der Waals surface area contributed by atoms with E-state index in [0.29, 0.717) is 36.0 Å². The molecule has 8 nitrogen and oxygen atoms in total. The molecule has 2 N–H and O–H groups in total. The van der Waals surface area contributed by atoms with Gasteiger partial charge in [-0.3, -0.25) is 19.3 Å². The third-order valence-electron chi connectivity index (χ3n) is 12.6. The Morgan fingerprint density at radius 1 is 1.00 bits per heavy atom. The van der Waals surface area contributed by atoms with E-state index >= 15 is 0 Å². The smallest absolute Gasteiger partial charge is 0.263 e. The van der Waals surface area contributed by atoms with E-state index in [4.69, 9.17) is 21.4 Å². The van der Waals surface area contributed by atoms with Crippen molar-refractivity contribution in [1.82, 2.24) is 14.5 Å². The van der Waals surface area contributed by atoms with Gasteiger partial charge in [-0.2, -0.15) is 0 Å². The quantitative estimate of drug-likeness (QED) is 0.316. The molecule has 0 radical (unpaired) electrons. The van der Waals surface area contributed by atoms with Crippen LogP contribution in [0, 0.1) is 23.7 Å². The zero-order valence-corrected chi connectivity index (χ0v) is 33.3. The summed E-state index contributed by atoms with van der Waals surface area (Å²) in [7, 11) is -0.492. The van der Waals surface area contributed by atoms with Gasteiger partial charge in [-0.1, -0.05) is 56.5 Å². The van der Waals surface area contributed by atoms with Crippen molar-refractivity contribution < 1.29 is 18.8 Å². The number of carbonyl (C=O) groups is 1. The van der Waals surface area contributed by atoms with E-state index in [2.05, 4.69) is 57.6 Å². The molecule has 286 valence electrons. The molecule has 2 saturated heterocycles. The Kier molecular flexibility index (Phi) is 13.8. The number of aliphatic hydroxyl groups is 1. The van der Waals surface area contributed by atoms with E-state index in [9.17, 15) is 9.00 Å². The molecule has 4 heterocycles. The Morgan fingerprint density at radius 2 is 1.85 bits per heavy atom. The Hall–Kier alpha value is -2.43. The number of rotatable bonds is 5. The summed E-state index contributed by atoms with van der Waals surface area (Å²) in [4.78, 5) is 21.5. The van der Waals surface area contributed by atoms with Crippen LogP contribution in [-0.4, -0.2) is 95.8 Å². The van der Waals surface area contributed by atoms with E-state index in [1.807, 2.05) is 31.2 Å². The van der Waals surface area contributed by atoms with Gasteiger partial charge in [0.2, 0.25) is 0 Å². The summed E-state index contributed by atoms with van der Waals surface area (Å²) in [6.07, 6.45) is 14.3. The fourth-order valence-electron chi connectivity index (χ4n) is 9.26.